The van der Waals surface area contributed by atoms with Gasteiger partial charge >= 0.3 is 6.18 Å². The molecule has 0 saturated carbocycles. The topological polar surface area (TPSA) is 53.6 Å². The van der Waals surface area contributed by atoms with Crippen LogP contribution in [0.5, 0.6) is 5.75 Å². The van der Waals surface area contributed by atoms with Crippen molar-refractivity contribution in [3.05, 3.63) is 46.8 Å². The minimum Gasteiger partial charge on any atom is -0.495 e. The van der Waals surface area contributed by atoms with Crippen LogP contribution in [0.25, 0.3) is 10.1 Å². The number of ether oxygens (including phenoxy) is 1. The van der Waals surface area contributed by atoms with E-state index in [1.54, 1.807) is 37.6 Å². The molecule has 1 aliphatic heterocycles. The molecule has 3 atom stereocenters. The number of hydrogen-bond acceptors (Lipinski definition) is 6. The Morgan fingerprint density at radius 1 is 1.12 bits per heavy atom. The Labute approximate surface area is 238 Å². The van der Waals surface area contributed by atoms with E-state index in [4.69, 9.17) is 4.74 Å². The first-order valence-electron chi connectivity index (χ1n) is 13.3. The van der Waals surface area contributed by atoms with Gasteiger partial charge in [-0.2, -0.15) is 13.2 Å². The fourth-order valence-corrected chi connectivity index (χ4v) is 7.53. The van der Waals surface area contributed by atoms with Crippen molar-refractivity contribution in [3.8, 4) is 17.6 Å². The molecule has 0 radical (unpaired) electrons. The first kappa shape index (κ1) is 30.3. The molecule has 1 aromatic heterocycles. The molecule has 0 aliphatic carbocycles. The lowest BCUT2D eigenvalue weighted by Gasteiger charge is -2.40. The number of thiophene rings is 1. The van der Waals surface area contributed by atoms with Gasteiger partial charge in [-0.05, 0) is 67.4 Å². The van der Waals surface area contributed by atoms with E-state index in [1.165, 1.54) is 18.4 Å². The summed E-state index contributed by atoms with van der Waals surface area (Å²) in [5.41, 5.74) is 1.75. The maximum Gasteiger partial charge on any atom is 0.393 e. The van der Waals surface area contributed by atoms with E-state index in [0.29, 0.717) is 38.8 Å². The van der Waals surface area contributed by atoms with Gasteiger partial charge < -0.3 is 24.8 Å². The molecule has 40 heavy (non-hydrogen) atoms. The Morgan fingerprint density at radius 2 is 1.82 bits per heavy atom. The maximum atomic E-state index is 13.6. The highest BCUT2D eigenvalue weighted by atomic mass is 32.1. The first-order chi connectivity index (χ1) is 18.8. The Bertz CT molecular complexity index is 1460. The van der Waals surface area contributed by atoms with Crippen LogP contribution in [-0.4, -0.2) is 64.2 Å². The minimum absolute atomic E-state index is 0.209. The number of halogens is 3. The molecule has 5 nitrogen and oxygen atoms in total. The van der Waals surface area contributed by atoms with Crippen LogP contribution in [0, 0.1) is 23.7 Å². The van der Waals surface area contributed by atoms with E-state index in [1.807, 2.05) is 12.1 Å². The average molecular weight is 592 g/mol. The molecule has 2 aromatic carbocycles. The standard InChI is InChI=1S/C30H37F3N3O2PS/c1-19-17-36(3)18-20(2)28(19)35-25-10-7-9-22-23(16-30(31,32)33)27(40-29(22)25)11-8-14-34-24-13-12-21(39(5,6)37)15-26(24)38-4/h7,9-10,12-13,15,19-20,28,34-35H,14,16-18H2,1-6H3/t19-,20+,28?. The highest BCUT2D eigenvalue weighted by Crippen LogP contribution is 2.40. The van der Waals surface area contributed by atoms with Crippen LogP contribution in [0.2, 0.25) is 0 Å². The molecule has 1 aliphatic rings. The lowest BCUT2D eigenvalue weighted by atomic mass is 9.86. The molecule has 2 N–H and O–H groups in total. The molecular formula is C30H37F3N3O2PS. The summed E-state index contributed by atoms with van der Waals surface area (Å²) >= 11 is 1.31. The summed E-state index contributed by atoms with van der Waals surface area (Å²) in [6.07, 6.45) is -5.38. The maximum absolute atomic E-state index is 13.6. The van der Waals surface area contributed by atoms with Gasteiger partial charge in [0.1, 0.15) is 12.9 Å². The van der Waals surface area contributed by atoms with Gasteiger partial charge in [0.2, 0.25) is 0 Å². The normalized spacial score (nSPS) is 20.2. The third kappa shape index (κ3) is 7.15. The van der Waals surface area contributed by atoms with Crippen molar-refractivity contribution in [1.82, 2.24) is 4.90 Å². The monoisotopic (exact) mass is 591 g/mol. The molecule has 216 valence electrons. The van der Waals surface area contributed by atoms with Gasteiger partial charge in [0.25, 0.3) is 0 Å². The molecule has 3 aromatic rings. The van der Waals surface area contributed by atoms with Crippen LogP contribution in [0.4, 0.5) is 24.5 Å². The highest BCUT2D eigenvalue weighted by molar-refractivity contribution is 7.70. The Morgan fingerprint density at radius 3 is 2.45 bits per heavy atom. The number of hydrogen-bond donors (Lipinski definition) is 2. The highest BCUT2D eigenvalue weighted by Gasteiger charge is 2.33. The first-order valence-corrected chi connectivity index (χ1v) is 16.7. The summed E-state index contributed by atoms with van der Waals surface area (Å²) in [4.78, 5) is 2.74. The molecule has 0 amide bonds. The number of alkyl halides is 3. The Kier molecular flexibility index (Phi) is 9.14. The minimum atomic E-state index is -4.35. The number of anilines is 2. The summed E-state index contributed by atoms with van der Waals surface area (Å²) in [6.45, 7) is 9.96. The fourth-order valence-electron chi connectivity index (χ4n) is 5.50. The number of nitrogens with zero attached hydrogens (tertiary/aromatic N) is 1. The van der Waals surface area contributed by atoms with Gasteiger partial charge in [-0.25, -0.2) is 0 Å². The summed E-state index contributed by atoms with van der Waals surface area (Å²) < 4.78 is 59.6. The predicted octanol–water partition coefficient (Wildman–Crippen LogP) is 6.72. The SMILES string of the molecule is COc1cc(P(C)(C)=O)ccc1NCC#Cc1sc2c(NC3[C@H](C)CN(C)C[C@@H]3C)cccc2c1CC(F)(F)F. The van der Waals surface area contributed by atoms with Crippen molar-refractivity contribution in [2.45, 2.75) is 32.5 Å². The van der Waals surface area contributed by atoms with E-state index in [2.05, 4.69) is 48.3 Å². The Hall–Kier alpha value is -2.66. The zero-order valence-electron chi connectivity index (χ0n) is 23.8. The van der Waals surface area contributed by atoms with Gasteiger partial charge in [0, 0.05) is 24.4 Å². The van der Waals surface area contributed by atoms with Crippen molar-refractivity contribution in [2.24, 2.45) is 11.8 Å². The van der Waals surface area contributed by atoms with Gasteiger partial charge in [0.15, 0.2) is 0 Å². The smallest absolute Gasteiger partial charge is 0.393 e. The second-order valence-electron chi connectivity index (χ2n) is 11.1. The van der Waals surface area contributed by atoms with E-state index >= 15 is 0 Å². The van der Waals surface area contributed by atoms with Crippen LogP contribution in [0.1, 0.15) is 24.3 Å². The summed E-state index contributed by atoms with van der Waals surface area (Å²) in [7, 11) is 1.20. The van der Waals surface area contributed by atoms with E-state index in [9.17, 15) is 17.7 Å². The van der Waals surface area contributed by atoms with Crippen molar-refractivity contribution < 1.29 is 22.5 Å². The van der Waals surface area contributed by atoms with Gasteiger partial charge in [-0.15, -0.1) is 11.3 Å². The second-order valence-corrected chi connectivity index (χ2v) is 15.4. The largest absolute Gasteiger partial charge is 0.495 e. The molecule has 4 rings (SSSR count). The van der Waals surface area contributed by atoms with Crippen LogP contribution in [0.3, 0.4) is 0 Å². The van der Waals surface area contributed by atoms with E-state index in [0.717, 1.165) is 23.5 Å². The zero-order valence-corrected chi connectivity index (χ0v) is 25.5. The average Bonchev–Trinajstić information content (AvgIpc) is 3.19. The van der Waals surface area contributed by atoms with E-state index < -0.39 is 19.7 Å². The quantitative estimate of drug-likeness (QED) is 0.236. The number of fused-ring (bicyclic) bond motifs is 1. The molecule has 0 spiro atoms. The second kappa shape index (κ2) is 12.1. The molecule has 1 unspecified atom stereocenters. The van der Waals surface area contributed by atoms with Crippen molar-refractivity contribution >= 4 is 45.2 Å². The van der Waals surface area contributed by atoms with Crippen molar-refractivity contribution in [3.63, 3.8) is 0 Å². The van der Waals surface area contributed by atoms with Crippen molar-refractivity contribution in [1.29, 1.82) is 0 Å². The molecule has 0 bridgehead atoms. The molecule has 2 heterocycles. The summed E-state index contributed by atoms with van der Waals surface area (Å²) in [6, 6.07) is 11.1. The summed E-state index contributed by atoms with van der Waals surface area (Å²) in [5.74, 6) is 7.35. The fraction of sp³-hybridized carbons (Fsp3) is 0.467. The molecule has 1 saturated heterocycles. The van der Waals surface area contributed by atoms with Crippen molar-refractivity contribution in [2.75, 3.05) is 57.8 Å². The van der Waals surface area contributed by atoms with Crippen LogP contribution >= 0.6 is 18.5 Å². The molecular weight excluding hydrogens is 554 g/mol. The van der Waals surface area contributed by atoms with Gasteiger partial charge in [-0.3, -0.25) is 0 Å². The third-order valence-corrected chi connectivity index (χ3v) is 10.0. The molecule has 1 fully saturated rings. The molecule has 10 heteroatoms. The number of methoxy groups -OCH3 is 1. The number of likely N-dealkylation sites (tertiary alicyclic amines) is 1. The zero-order chi connectivity index (χ0) is 29.2. The van der Waals surface area contributed by atoms with Gasteiger partial charge in [-0.1, -0.05) is 37.8 Å². The van der Waals surface area contributed by atoms with Crippen LogP contribution in [-0.2, 0) is 11.0 Å². The predicted molar refractivity (Wildman–Crippen MR) is 162 cm³/mol. The lowest BCUT2D eigenvalue weighted by Crippen LogP contribution is -2.49. The van der Waals surface area contributed by atoms with E-state index in [-0.39, 0.29) is 18.2 Å². The number of nitrogens with one attached hydrogen (secondary N) is 2. The lowest BCUT2D eigenvalue weighted by molar-refractivity contribution is -0.126. The van der Waals surface area contributed by atoms with Crippen LogP contribution in [0.15, 0.2) is 36.4 Å². The third-order valence-electron chi connectivity index (χ3n) is 7.32. The number of benzene rings is 2. The number of rotatable bonds is 7. The van der Waals surface area contributed by atoms with Crippen LogP contribution < -0.4 is 20.7 Å². The summed E-state index contributed by atoms with van der Waals surface area (Å²) in [5, 5.41) is 8.14. The van der Waals surface area contributed by atoms with Gasteiger partial charge in [0.05, 0.1) is 41.0 Å². The Balaban J connectivity index is 1.62. The number of piperidine rings is 1.